The van der Waals surface area contributed by atoms with Crippen molar-refractivity contribution in [3.8, 4) is 6.19 Å². The number of β-amino-alcohol motifs (C(OH)–C–C–N with tert-alkyl or cyclic N) is 1. The first-order valence-electron chi connectivity index (χ1n) is 12.6. The Morgan fingerprint density at radius 2 is 1.95 bits per heavy atom. The number of likely N-dealkylation sites (tertiary alicyclic amines) is 1. The third-order valence-corrected chi connectivity index (χ3v) is 6.53. The van der Waals surface area contributed by atoms with E-state index in [1.54, 1.807) is 24.5 Å². The lowest BCUT2D eigenvalue weighted by Crippen LogP contribution is -2.50. The molecule has 1 fully saturated rings. The number of carbonyl (C=O) groups is 2. The maximum Gasteiger partial charge on any atom is 0.251 e. The van der Waals surface area contributed by atoms with Crippen molar-refractivity contribution < 1.29 is 14.7 Å². The maximum atomic E-state index is 14.1. The summed E-state index contributed by atoms with van der Waals surface area (Å²) in [5.41, 5.74) is 2.09. The number of pyridine rings is 1. The minimum Gasteiger partial charge on any atom is -0.391 e. The molecule has 0 aliphatic carbocycles. The number of amides is 2. The summed E-state index contributed by atoms with van der Waals surface area (Å²) in [6.07, 6.45) is 5.30. The van der Waals surface area contributed by atoms with Crippen molar-refractivity contribution in [1.29, 1.82) is 5.26 Å². The normalized spacial score (nSPS) is 18.4. The SMILES string of the molecule is CN(C)CCCNC(=O)C(c1cccnc1)N(C(=O)C1CC(O)CN1C#N)c1ccc(C(C)(C)C)cc1. The fraction of sp³-hybridized carbons (Fsp3) is 0.500. The number of aliphatic hydroxyl groups excluding tert-OH is 1. The average Bonchev–Trinajstić information content (AvgIpc) is 3.25. The van der Waals surface area contributed by atoms with Crippen molar-refractivity contribution in [1.82, 2.24) is 20.1 Å². The first-order chi connectivity index (χ1) is 17.5. The highest BCUT2D eigenvalue weighted by Crippen LogP contribution is 2.33. The second-order valence-corrected chi connectivity index (χ2v) is 10.8. The molecule has 2 heterocycles. The summed E-state index contributed by atoms with van der Waals surface area (Å²) in [7, 11) is 3.94. The van der Waals surface area contributed by atoms with Crippen LogP contribution in [0.3, 0.4) is 0 Å². The Bertz CT molecular complexity index is 1090. The second-order valence-electron chi connectivity index (χ2n) is 10.8. The zero-order valence-electron chi connectivity index (χ0n) is 22.4. The Morgan fingerprint density at radius 1 is 1.24 bits per heavy atom. The van der Waals surface area contributed by atoms with Crippen LogP contribution in [0.15, 0.2) is 48.8 Å². The molecule has 1 saturated heterocycles. The summed E-state index contributed by atoms with van der Waals surface area (Å²) in [6, 6.07) is 9.21. The number of benzene rings is 1. The molecule has 3 rings (SSSR count). The molecule has 1 aromatic heterocycles. The minimum absolute atomic E-state index is 0.0813. The van der Waals surface area contributed by atoms with Gasteiger partial charge < -0.3 is 15.3 Å². The molecule has 1 aliphatic rings. The van der Waals surface area contributed by atoms with Crippen molar-refractivity contribution in [2.45, 2.75) is 57.2 Å². The lowest BCUT2D eigenvalue weighted by Gasteiger charge is -2.34. The largest absolute Gasteiger partial charge is 0.391 e. The summed E-state index contributed by atoms with van der Waals surface area (Å²) >= 11 is 0. The maximum absolute atomic E-state index is 14.1. The van der Waals surface area contributed by atoms with Gasteiger partial charge in [0.1, 0.15) is 12.1 Å². The van der Waals surface area contributed by atoms with E-state index in [0.717, 1.165) is 18.5 Å². The van der Waals surface area contributed by atoms with Crippen molar-refractivity contribution in [3.63, 3.8) is 0 Å². The molecular formula is C28H38N6O3. The summed E-state index contributed by atoms with van der Waals surface area (Å²) < 4.78 is 0. The highest BCUT2D eigenvalue weighted by atomic mass is 16.3. The number of nitrogens with one attached hydrogen (secondary N) is 1. The number of carbonyl (C=O) groups excluding carboxylic acids is 2. The van der Waals surface area contributed by atoms with Crippen molar-refractivity contribution in [3.05, 3.63) is 59.9 Å². The highest BCUT2D eigenvalue weighted by molar-refractivity contribution is 6.04. The van der Waals surface area contributed by atoms with Gasteiger partial charge in [0.15, 0.2) is 6.19 Å². The molecule has 1 aromatic carbocycles. The third-order valence-electron chi connectivity index (χ3n) is 6.53. The Kier molecular flexibility index (Phi) is 9.24. The lowest BCUT2D eigenvalue weighted by atomic mass is 9.87. The first-order valence-corrected chi connectivity index (χ1v) is 12.6. The predicted octanol–water partition coefficient (Wildman–Crippen LogP) is 2.44. The van der Waals surface area contributed by atoms with Crippen molar-refractivity contribution in [2.24, 2.45) is 0 Å². The van der Waals surface area contributed by atoms with Gasteiger partial charge in [0, 0.05) is 36.6 Å². The van der Waals surface area contributed by atoms with Crippen LogP contribution in [0.4, 0.5) is 5.69 Å². The molecule has 9 heteroatoms. The van der Waals surface area contributed by atoms with Gasteiger partial charge in [-0.2, -0.15) is 5.26 Å². The van der Waals surface area contributed by atoms with Crippen LogP contribution in [0, 0.1) is 11.5 Å². The van der Waals surface area contributed by atoms with Crippen LogP contribution >= 0.6 is 0 Å². The van der Waals surface area contributed by atoms with Crippen LogP contribution in [0.2, 0.25) is 0 Å². The van der Waals surface area contributed by atoms with Crippen LogP contribution in [-0.2, 0) is 15.0 Å². The van der Waals surface area contributed by atoms with Gasteiger partial charge in [0.25, 0.3) is 5.91 Å². The highest BCUT2D eigenvalue weighted by Gasteiger charge is 2.42. The van der Waals surface area contributed by atoms with E-state index < -0.39 is 24.1 Å². The summed E-state index contributed by atoms with van der Waals surface area (Å²) in [4.78, 5) is 36.8. The molecule has 0 radical (unpaired) electrons. The minimum atomic E-state index is -1.00. The van der Waals surface area contributed by atoms with E-state index in [1.807, 2.05) is 49.5 Å². The van der Waals surface area contributed by atoms with Gasteiger partial charge in [-0.25, -0.2) is 0 Å². The Balaban J connectivity index is 2.06. The van der Waals surface area contributed by atoms with E-state index in [4.69, 9.17) is 0 Å². The van der Waals surface area contributed by atoms with Crippen LogP contribution in [0.25, 0.3) is 0 Å². The Morgan fingerprint density at radius 3 is 2.51 bits per heavy atom. The quantitative estimate of drug-likeness (QED) is 0.397. The Labute approximate surface area is 219 Å². The lowest BCUT2D eigenvalue weighted by molar-refractivity contribution is -0.128. The van der Waals surface area contributed by atoms with Gasteiger partial charge in [-0.1, -0.05) is 39.0 Å². The molecule has 9 nitrogen and oxygen atoms in total. The zero-order chi connectivity index (χ0) is 27.2. The molecule has 1 aliphatic heterocycles. The van der Waals surface area contributed by atoms with Crippen LogP contribution in [0.1, 0.15) is 50.8 Å². The van der Waals surface area contributed by atoms with Crippen LogP contribution < -0.4 is 10.2 Å². The molecule has 2 N–H and O–H groups in total. The number of hydrogen-bond donors (Lipinski definition) is 2. The summed E-state index contributed by atoms with van der Waals surface area (Å²) in [5.74, 6) is -0.749. The van der Waals surface area contributed by atoms with Crippen LogP contribution in [0.5, 0.6) is 0 Å². The molecule has 3 atom stereocenters. The van der Waals surface area contributed by atoms with Gasteiger partial charge in [-0.15, -0.1) is 0 Å². The third kappa shape index (κ3) is 7.06. The van der Waals surface area contributed by atoms with Gasteiger partial charge in [-0.05, 0) is 56.2 Å². The number of rotatable bonds is 9. The first kappa shape index (κ1) is 28.1. The standard InChI is InChI=1S/C28H38N6O3/c1-28(2,3)21-9-11-22(12-10-21)34(27(37)24-16-23(35)18-33(24)19-29)25(20-8-6-13-30-17-20)26(36)31-14-7-15-32(4)5/h6,8-13,17,23-25,35H,7,14-16,18H2,1-5H3,(H,31,36). The van der Waals surface area contributed by atoms with Crippen molar-refractivity contribution in [2.75, 3.05) is 38.6 Å². The van der Waals surface area contributed by atoms with E-state index in [0.29, 0.717) is 17.8 Å². The molecule has 2 aromatic rings. The van der Waals surface area contributed by atoms with Gasteiger partial charge in [0.05, 0.1) is 12.6 Å². The number of aliphatic hydroxyl groups is 1. The number of aromatic nitrogens is 1. The molecule has 0 spiro atoms. The van der Waals surface area contributed by atoms with Crippen molar-refractivity contribution >= 4 is 17.5 Å². The molecule has 37 heavy (non-hydrogen) atoms. The van der Waals surface area contributed by atoms with Gasteiger partial charge in [0.2, 0.25) is 5.91 Å². The Hall–Kier alpha value is -3.48. The molecule has 3 unspecified atom stereocenters. The van der Waals surface area contributed by atoms with E-state index in [2.05, 4.69) is 31.1 Å². The van der Waals surface area contributed by atoms with Crippen LogP contribution in [-0.4, -0.2) is 77.6 Å². The van der Waals surface area contributed by atoms with E-state index >= 15 is 0 Å². The second kappa shape index (κ2) is 12.2. The van der Waals surface area contributed by atoms with E-state index in [-0.39, 0.29) is 24.3 Å². The summed E-state index contributed by atoms with van der Waals surface area (Å²) in [6.45, 7) is 7.66. The van der Waals surface area contributed by atoms with Gasteiger partial charge in [-0.3, -0.25) is 24.4 Å². The summed E-state index contributed by atoms with van der Waals surface area (Å²) in [5, 5.41) is 22.8. The predicted molar refractivity (Wildman–Crippen MR) is 143 cm³/mol. The average molecular weight is 507 g/mol. The smallest absolute Gasteiger partial charge is 0.251 e. The molecule has 198 valence electrons. The molecular weight excluding hydrogens is 468 g/mol. The number of anilines is 1. The van der Waals surface area contributed by atoms with E-state index in [1.165, 1.54) is 9.80 Å². The number of nitriles is 1. The zero-order valence-corrected chi connectivity index (χ0v) is 22.4. The van der Waals surface area contributed by atoms with Gasteiger partial charge >= 0.3 is 0 Å². The topological polar surface area (TPSA) is 113 Å². The molecule has 2 amide bonds. The van der Waals surface area contributed by atoms with E-state index in [9.17, 15) is 20.0 Å². The molecule has 0 saturated carbocycles. The number of hydrogen-bond acceptors (Lipinski definition) is 7. The fourth-order valence-electron chi connectivity index (χ4n) is 4.50. The number of nitrogens with zero attached hydrogens (tertiary/aromatic N) is 5. The monoisotopic (exact) mass is 506 g/mol. The molecule has 0 bridgehead atoms. The fourth-order valence-corrected chi connectivity index (χ4v) is 4.50.